The number of ketones is 1. The fraction of sp³-hybridized carbons (Fsp3) is 0.200. The van der Waals surface area contributed by atoms with Gasteiger partial charge in [-0.15, -0.1) is 0 Å². The number of ether oxygens (including phenoxy) is 4. The van der Waals surface area contributed by atoms with E-state index in [1.165, 1.54) is 44.6 Å². The van der Waals surface area contributed by atoms with Crippen molar-refractivity contribution in [3.05, 3.63) is 77.4 Å². The number of aryl methyl sites for hydroxylation is 1. The van der Waals surface area contributed by atoms with E-state index in [1.54, 1.807) is 30.3 Å². The van der Waals surface area contributed by atoms with Crippen LogP contribution in [0.2, 0.25) is 0 Å². The molecule has 4 rings (SSSR count). The zero-order chi connectivity index (χ0) is 25.2. The summed E-state index contributed by atoms with van der Waals surface area (Å²) >= 11 is 0. The van der Waals surface area contributed by atoms with Crippen LogP contribution in [-0.2, 0) is 19.6 Å². The van der Waals surface area contributed by atoms with Crippen molar-refractivity contribution in [2.45, 2.75) is 11.8 Å². The van der Waals surface area contributed by atoms with Gasteiger partial charge >= 0.3 is 5.97 Å². The molecule has 1 aliphatic rings. The van der Waals surface area contributed by atoms with Gasteiger partial charge in [0.2, 0.25) is 12.5 Å². The maximum atomic E-state index is 13.8. The van der Waals surface area contributed by atoms with Gasteiger partial charge in [-0.1, -0.05) is 29.8 Å². The molecule has 3 aromatic rings. The Balaban J connectivity index is 1.81. The fourth-order valence-corrected chi connectivity index (χ4v) is 5.22. The van der Waals surface area contributed by atoms with Crippen LogP contribution < -0.4 is 18.5 Å². The van der Waals surface area contributed by atoms with E-state index in [4.69, 9.17) is 18.9 Å². The maximum Gasteiger partial charge on any atom is 0.326 e. The van der Waals surface area contributed by atoms with E-state index < -0.39 is 28.3 Å². The largest absolute Gasteiger partial charge is 0.493 e. The molecule has 0 aromatic heterocycles. The van der Waals surface area contributed by atoms with Crippen molar-refractivity contribution in [2.24, 2.45) is 0 Å². The lowest BCUT2D eigenvalue weighted by Crippen LogP contribution is -2.37. The lowest BCUT2D eigenvalue weighted by atomic mass is 10.0. The van der Waals surface area contributed by atoms with Gasteiger partial charge in [0, 0.05) is 11.1 Å². The van der Waals surface area contributed by atoms with Crippen LogP contribution in [-0.4, -0.2) is 47.7 Å². The summed E-state index contributed by atoms with van der Waals surface area (Å²) in [5.41, 5.74) is 1.25. The second-order valence-corrected chi connectivity index (χ2v) is 9.49. The molecule has 0 atom stereocenters. The van der Waals surface area contributed by atoms with Crippen LogP contribution in [0.5, 0.6) is 17.2 Å². The Kier molecular flexibility index (Phi) is 6.65. The van der Waals surface area contributed by atoms with Gasteiger partial charge in [-0.25, -0.2) is 8.42 Å². The Labute approximate surface area is 202 Å². The Morgan fingerprint density at radius 1 is 1.00 bits per heavy atom. The lowest BCUT2D eigenvalue weighted by Gasteiger charge is -2.24. The van der Waals surface area contributed by atoms with E-state index in [0.717, 1.165) is 9.87 Å². The van der Waals surface area contributed by atoms with Crippen molar-refractivity contribution in [1.29, 1.82) is 0 Å². The van der Waals surface area contributed by atoms with E-state index in [1.807, 2.05) is 6.92 Å². The normalized spacial score (nSPS) is 12.2. The number of nitrogens with zero attached hydrogens (tertiary/aromatic N) is 1. The third-order valence-electron chi connectivity index (χ3n) is 5.44. The number of benzene rings is 3. The number of anilines is 1. The standard InChI is InChI=1S/C25H23NO8S/c1-16-8-10-18(11-9-16)26(14-23(27)32-3)35(29,30)22-7-5-4-6-19(22)24(28)17-12-20(31-2)25-21(13-17)33-15-34-25/h4-13H,14-15H2,1-3H3. The van der Waals surface area contributed by atoms with Crippen LogP contribution in [0.4, 0.5) is 5.69 Å². The summed E-state index contributed by atoms with van der Waals surface area (Å²) in [5.74, 6) is -0.342. The summed E-state index contributed by atoms with van der Waals surface area (Å²) < 4.78 is 49.4. The SMILES string of the molecule is COC(=O)CN(c1ccc(C)cc1)S(=O)(=O)c1ccccc1C(=O)c1cc(OC)c2c(c1)OCO2. The number of hydrogen-bond donors (Lipinski definition) is 0. The number of carbonyl (C=O) groups excluding carboxylic acids is 2. The molecule has 3 aromatic carbocycles. The number of hydrogen-bond acceptors (Lipinski definition) is 8. The van der Waals surface area contributed by atoms with E-state index >= 15 is 0 Å². The smallest absolute Gasteiger partial charge is 0.326 e. The minimum absolute atomic E-state index is 0.0205. The van der Waals surface area contributed by atoms with Crippen LogP contribution in [0.3, 0.4) is 0 Å². The van der Waals surface area contributed by atoms with Gasteiger partial charge < -0.3 is 18.9 Å². The van der Waals surface area contributed by atoms with Crippen molar-refractivity contribution in [2.75, 3.05) is 31.9 Å². The van der Waals surface area contributed by atoms with E-state index in [9.17, 15) is 18.0 Å². The molecule has 0 N–H and O–H groups in total. The van der Waals surface area contributed by atoms with Crippen molar-refractivity contribution in [3.63, 3.8) is 0 Å². The highest BCUT2D eigenvalue weighted by Gasteiger charge is 2.32. The first-order valence-corrected chi connectivity index (χ1v) is 12.0. The Morgan fingerprint density at radius 3 is 2.40 bits per heavy atom. The summed E-state index contributed by atoms with van der Waals surface area (Å²) in [7, 11) is -1.76. The highest BCUT2D eigenvalue weighted by Crippen LogP contribution is 2.42. The molecule has 1 heterocycles. The molecule has 0 radical (unpaired) electrons. The molecule has 0 amide bonds. The number of fused-ring (bicyclic) bond motifs is 1. The van der Waals surface area contributed by atoms with Gasteiger partial charge in [-0.05, 0) is 43.3 Å². The van der Waals surface area contributed by atoms with E-state index in [2.05, 4.69) is 0 Å². The predicted molar refractivity (Wildman–Crippen MR) is 127 cm³/mol. The monoisotopic (exact) mass is 497 g/mol. The molecule has 0 aliphatic carbocycles. The molecule has 0 fully saturated rings. The molecule has 0 saturated carbocycles. The third kappa shape index (κ3) is 4.65. The zero-order valence-corrected chi connectivity index (χ0v) is 20.1. The van der Waals surface area contributed by atoms with Gasteiger partial charge in [0.05, 0.1) is 24.8 Å². The Bertz CT molecular complexity index is 1380. The minimum atomic E-state index is -4.36. The van der Waals surface area contributed by atoms with Crippen LogP contribution in [0, 0.1) is 6.92 Å². The second kappa shape index (κ2) is 9.67. The van der Waals surface area contributed by atoms with Crippen molar-refractivity contribution in [3.8, 4) is 17.2 Å². The fourth-order valence-electron chi connectivity index (χ4n) is 3.62. The Hall–Kier alpha value is -4.05. The van der Waals surface area contributed by atoms with Crippen LogP contribution >= 0.6 is 0 Å². The summed E-state index contributed by atoms with van der Waals surface area (Å²) in [6.07, 6.45) is 0. The number of carbonyl (C=O) groups is 2. The summed E-state index contributed by atoms with van der Waals surface area (Å²) in [6, 6.07) is 15.4. The molecule has 182 valence electrons. The zero-order valence-electron chi connectivity index (χ0n) is 19.3. The molecule has 0 bridgehead atoms. The molecule has 0 spiro atoms. The first kappa shape index (κ1) is 24.1. The molecule has 0 unspecified atom stereocenters. The average Bonchev–Trinajstić information content (AvgIpc) is 3.35. The van der Waals surface area contributed by atoms with Crippen LogP contribution in [0.15, 0.2) is 65.6 Å². The van der Waals surface area contributed by atoms with Crippen molar-refractivity contribution >= 4 is 27.5 Å². The molecule has 35 heavy (non-hydrogen) atoms. The first-order valence-electron chi connectivity index (χ1n) is 10.5. The highest BCUT2D eigenvalue weighted by atomic mass is 32.2. The van der Waals surface area contributed by atoms with Crippen LogP contribution in [0.1, 0.15) is 21.5 Å². The Morgan fingerprint density at radius 2 is 1.71 bits per heavy atom. The molecule has 1 aliphatic heterocycles. The number of esters is 1. The average molecular weight is 498 g/mol. The van der Waals surface area contributed by atoms with Crippen molar-refractivity contribution in [1.82, 2.24) is 0 Å². The quantitative estimate of drug-likeness (QED) is 0.344. The van der Waals surface area contributed by atoms with Gasteiger partial charge in [0.15, 0.2) is 17.3 Å². The predicted octanol–water partition coefficient (Wildman–Crippen LogP) is 3.33. The molecule has 0 saturated heterocycles. The van der Waals surface area contributed by atoms with Gasteiger partial charge in [0.25, 0.3) is 10.0 Å². The lowest BCUT2D eigenvalue weighted by molar-refractivity contribution is -0.138. The maximum absolute atomic E-state index is 13.8. The summed E-state index contributed by atoms with van der Waals surface area (Å²) in [5, 5.41) is 0. The molecular formula is C25H23NO8S. The van der Waals surface area contributed by atoms with Gasteiger partial charge in [0.1, 0.15) is 6.54 Å². The molecule has 9 nitrogen and oxygen atoms in total. The van der Waals surface area contributed by atoms with Gasteiger partial charge in [-0.2, -0.15) is 0 Å². The molecular weight excluding hydrogens is 474 g/mol. The summed E-state index contributed by atoms with van der Waals surface area (Å²) in [4.78, 5) is 25.4. The van der Waals surface area contributed by atoms with E-state index in [0.29, 0.717) is 11.5 Å². The number of sulfonamides is 1. The topological polar surface area (TPSA) is 108 Å². The van der Waals surface area contributed by atoms with Crippen LogP contribution in [0.25, 0.3) is 0 Å². The second-order valence-electron chi connectivity index (χ2n) is 7.66. The van der Waals surface area contributed by atoms with E-state index in [-0.39, 0.29) is 34.3 Å². The minimum Gasteiger partial charge on any atom is -0.493 e. The van der Waals surface area contributed by atoms with Crippen molar-refractivity contribution < 1.29 is 37.0 Å². The van der Waals surface area contributed by atoms with Gasteiger partial charge in [-0.3, -0.25) is 13.9 Å². The first-order chi connectivity index (χ1) is 16.8. The number of methoxy groups -OCH3 is 2. The highest BCUT2D eigenvalue weighted by molar-refractivity contribution is 7.93. The molecule has 10 heteroatoms. The summed E-state index contributed by atoms with van der Waals surface area (Å²) in [6.45, 7) is 1.27. The number of rotatable bonds is 8. The third-order valence-corrected chi connectivity index (χ3v) is 7.27.